The summed E-state index contributed by atoms with van der Waals surface area (Å²) in [6.45, 7) is 0.0293. The normalized spacial score (nSPS) is 11.7. The van der Waals surface area contributed by atoms with Crippen molar-refractivity contribution in [3.63, 3.8) is 0 Å². The third kappa shape index (κ3) is 6.99. The van der Waals surface area contributed by atoms with E-state index in [-0.39, 0.29) is 22.2 Å². The minimum Gasteiger partial charge on any atom is -0.501 e. The number of ether oxygens (including phenoxy) is 1. The largest absolute Gasteiger partial charge is 0.501 e. The van der Waals surface area contributed by atoms with Crippen molar-refractivity contribution >= 4 is 46.5 Å². The summed E-state index contributed by atoms with van der Waals surface area (Å²) in [5, 5.41) is 27.2. The van der Waals surface area contributed by atoms with E-state index in [4.69, 9.17) is 4.74 Å². The van der Waals surface area contributed by atoms with Gasteiger partial charge in [-0.2, -0.15) is 5.10 Å². The first-order valence-electron chi connectivity index (χ1n) is 9.77. The second-order valence-corrected chi connectivity index (χ2v) is 8.06. The van der Waals surface area contributed by atoms with Crippen molar-refractivity contribution in [2.45, 2.75) is 19.1 Å². The number of alkyl carbamates (subject to hydrolysis) is 1. The topological polar surface area (TPSA) is 172 Å². The van der Waals surface area contributed by atoms with Crippen LogP contribution in [0.4, 0.5) is 10.5 Å². The fourth-order valence-electron chi connectivity index (χ4n) is 2.80. The van der Waals surface area contributed by atoms with Crippen LogP contribution in [0.3, 0.4) is 0 Å². The third-order valence-corrected chi connectivity index (χ3v) is 5.27. The Labute approximate surface area is 206 Å². The molecule has 0 fully saturated rings. The number of hydrogen-bond donors (Lipinski definition) is 4. The Morgan fingerprint density at radius 2 is 2.09 bits per heavy atom. The summed E-state index contributed by atoms with van der Waals surface area (Å²) in [4.78, 5) is 42.0. The number of nitrogens with one attached hydrogen (secondary N) is 3. The highest BCUT2D eigenvalue weighted by molar-refractivity contribution is 14.1. The van der Waals surface area contributed by atoms with Gasteiger partial charge in [-0.05, 0) is 34.2 Å². The Morgan fingerprint density at radius 3 is 2.76 bits per heavy atom. The van der Waals surface area contributed by atoms with Crippen LogP contribution < -0.4 is 10.7 Å². The molecule has 1 atom stereocenters. The SMILES string of the molecule is O=C(N[C@H](Cc1cnc[nH]1)C(=O)N/N=C\c1cc(I)c(O)c([N+](=O)[O-])c1)OCc1ccccc1. The van der Waals surface area contributed by atoms with Crippen LogP contribution in [0.15, 0.2) is 60.1 Å². The molecule has 0 aliphatic rings. The van der Waals surface area contributed by atoms with Gasteiger partial charge in [-0.15, -0.1) is 0 Å². The van der Waals surface area contributed by atoms with Gasteiger partial charge in [0.05, 0.1) is 21.0 Å². The molecule has 2 amide bonds. The van der Waals surface area contributed by atoms with Crippen molar-refractivity contribution in [2.24, 2.45) is 5.10 Å². The summed E-state index contributed by atoms with van der Waals surface area (Å²) in [6, 6.07) is 10.6. The fourth-order valence-corrected chi connectivity index (χ4v) is 3.44. The first kappa shape index (κ1) is 24.6. The highest BCUT2D eigenvalue weighted by Gasteiger charge is 2.23. The number of carbonyl (C=O) groups excluding carboxylic acids is 2. The van der Waals surface area contributed by atoms with Crippen LogP contribution in [0.1, 0.15) is 16.8 Å². The lowest BCUT2D eigenvalue weighted by molar-refractivity contribution is -0.386. The summed E-state index contributed by atoms with van der Waals surface area (Å²) in [6.07, 6.45) is 3.43. The van der Waals surface area contributed by atoms with Gasteiger partial charge in [0.1, 0.15) is 12.6 Å². The van der Waals surface area contributed by atoms with Gasteiger partial charge in [0.2, 0.25) is 5.75 Å². The number of hydrazone groups is 1. The quantitative estimate of drug-likeness (QED) is 0.131. The Morgan fingerprint density at radius 1 is 1.32 bits per heavy atom. The van der Waals surface area contributed by atoms with E-state index in [1.165, 1.54) is 24.8 Å². The van der Waals surface area contributed by atoms with Crippen LogP contribution in [-0.4, -0.2) is 44.3 Å². The van der Waals surface area contributed by atoms with Gasteiger partial charge in [0, 0.05) is 29.9 Å². The zero-order valence-electron chi connectivity index (χ0n) is 17.5. The lowest BCUT2D eigenvalue weighted by atomic mass is 10.1. The lowest BCUT2D eigenvalue weighted by Gasteiger charge is -2.16. The zero-order valence-corrected chi connectivity index (χ0v) is 19.6. The molecule has 3 aromatic rings. The summed E-state index contributed by atoms with van der Waals surface area (Å²) in [5.74, 6) is -1.10. The molecule has 0 aliphatic heterocycles. The molecule has 1 aromatic heterocycles. The minimum atomic E-state index is -1.05. The molecule has 0 unspecified atom stereocenters. The number of benzene rings is 2. The molecule has 0 radical (unpaired) electrons. The first-order chi connectivity index (χ1) is 16.3. The predicted molar refractivity (Wildman–Crippen MR) is 129 cm³/mol. The average Bonchev–Trinajstić information content (AvgIpc) is 3.33. The summed E-state index contributed by atoms with van der Waals surface area (Å²) < 4.78 is 5.43. The van der Waals surface area contributed by atoms with E-state index in [1.807, 2.05) is 18.2 Å². The van der Waals surface area contributed by atoms with Crippen LogP contribution in [0.2, 0.25) is 0 Å². The Kier molecular flexibility index (Phi) is 8.50. The third-order valence-electron chi connectivity index (χ3n) is 4.45. The number of hydrogen-bond acceptors (Lipinski definition) is 8. The van der Waals surface area contributed by atoms with Crippen molar-refractivity contribution in [3.05, 3.63) is 85.5 Å². The molecule has 12 nitrogen and oxygen atoms in total. The van der Waals surface area contributed by atoms with Crippen LogP contribution >= 0.6 is 22.6 Å². The predicted octanol–water partition coefficient (Wildman–Crippen LogP) is 2.62. The van der Waals surface area contributed by atoms with E-state index >= 15 is 0 Å². The standard InChI is InChI=1S/C21H19IN6O6/c22-16-6-14(7-18(19(16)29)28(32)33)9-25-27-20(30)17(8-15-10-23-12-24-15)26-21(31)34-11-13-4-2-1-3-5-13/h1-7,9-10,12,17,29H,8,11H2,(H,23,24)(H,26,31)(H,27,30)/b25-9-/t17-/m1/s1. The fraction of sp³-hybridized carbons (Fsp3) is 0.143. The van der Waals surface area contributed by atoms with Gasteiger partial charge in [0.25, 0.3) is 5.91 Å². The van der Waals surface area contributed by atoms with Crippen molar-refractivity contribution in [2.75, 3.05) is 0 Å². The summed E-state index contributed by atoms with van der Waals surface area (Å²) >= 11 is 1.75. The Bertz CT molecular complexity index is 1190. The lowest BCUT2D eigenvalue weighted by Crippen LogP contribution is -2.47. The summed E-state index contributed by atoms with van der Waals surface area (Å²) in [5.41, 5.74) is 3.48. The minimum absolute atomic E-state index is 0.0293. The van der Waals surface area contributed by atoms with Gasteiger partial charge < -0.3 is 20.1 Å². The molecule has 1 heterocycles. The van der Waals surface area contributed by atoms with Crippen molar-refractivity contribution in [1.82, 2.24) is 20.7 Å². The number of nitro benzene ring substituents is 1. The van der Waals surface area contributed by atoms with Crippen molar-refractivity contribution in [1.29, 1.82) is 0 Å². The highest BCUT2D eigenvalue weighted by Crippen LogP contribution is 2.31. The molecular formula is C21H19IN6O6. The number of aromatic amines is 1. The molecule has 0 saturated carbocycles. The number of imidazole rings is 1. The van der Waals surface area contributed by atoms with Crippen LogP contribution in [0.5, 0.6) is 5.75 Å². The Hall–Kier alpha value is -4.01. The van der Waals surface area contributed by atoms with Gasteiger partial charge in [-0.3, -0.25) is 14.9 Å². The molecule has 34 heavy (non-hydrogen) atoms. The van der Waals surface area contributed by atoms with Crippen LogP contribution in [-0.2, 0) is 22.6 Å². The molecule has 0 bridgehead atoms. The van der Waals surface area contributed by atoms with E-state index in [0.717, 1.165) is 11.6 Å². The number of aromatic hydroxyl groups is 1. The van der Waals surface area contributed by atoms with Crippen LogP contribution in [0.25, 0.3) is 0 Å². The molecule has 0 saturated heterocycles. The second kappa shape index (κ2) is 11.7. The zero-order chi connectivity index (χ0) is 24.5. The average molecular weight is 578 g/mol. The van der Waals surface area contributed by atoms with E-state index in [9.17, 15) is 24.8 Å². The highest BCUT2D eigenvalue weighted by atomic mass is 127. The second-order valence-electron chi connectivity index (χ2n) is 6.90. The number of phenols is 1. The van der Waals surface area contributed by atoms with E-state index in [2.05, 4.69) is 25.8 Å². The summed E-state index contributed by atoms with van der Waals surface area (Å²) in [7, 11) is 0. The van der Waals surface area contributed by atoms with E-state index in [1.54, 1.807) is 34.7 Å². The number of amides is 2. The maximum atomic E-state index is 12.7. The monoisotopic (exact) mass is 578 g/mol. The number of aromatic nitrogens is 2. The maximum absolute atomic E-state index is 12.7. The van der Waals surface area contributed by atoms with Crippen molar-refractivity contribution in [3.8, 4) is 5.75 Å². The molecule has 0 aliphatic carbocycles. The van der Waals surface area contributed by atoms with Gasteiger partial charge in [-0.1, -0.05) is 30.3 Å². The van der Waals surface area contributed by atoms with Crippen LogP contribution in [0, 0.1) is 13.7 Å². The van der Waals surface area contributed by atoms with Crippen molar-refractivity contribution < 1.29 is 24.4 Å². The number of nitro groups is 1. The van der Waals surface area contributed by atoms with E-state index < -0.39 is 34.4 Å². The smallest absolute Gasteiger partial charge is 0.408 e. The number of halogens is 1. The van der Waals surface area contributed by atoms with Gasteiger partial charge in [0.15, 0.2) is 0 Å². The number of nitrogens with zero attached hydrogens (tertiary/aromatic N) is 3. The number of H-pyrrole nitrogens is 1. The molecular weight excluding hydrogens is 559 g/mol. The molecule has 13 heteroatoms. The Balaban J connectivity index is 1.65. The number of rotatable bonds is 9. The molecule has 4 N–H and O–H groups in total. The van der Waals surface area contributed by atoms with Gasteiger partial charge in [-0.25, -0.2) is 15.2 Å². The number of carbonyl (C=O) groups is 2. The molecule has 0 spiro atoms. The maximum Gasteiger partial charge on any atom is 0.408 e. The van der Waals surface area contributed by atoms with Gasteiger partial charge >= 0.3 is 11.8 Å². The number of phenolic OH excluding ortho intramolecular Hbond substituents is 1. The molecule has 2 aromatic carbocycles. The molecule has 3 rings (SSSR count). The first-order valence-corrected chi connectivity index (χ1v) is 10.9. The van der Waals surface area contributed by atoms with E-state index in [0.29, 0.717) is 5.69 Å². The molecule has 176 valence electrons.